The Labute approximate surface area is 147 Å². The number of nitrogens with zero attached hydrogens (tertiary/aromatic N) is 1. The van der Waals surface area contributed by atoms with Crippen LogP contribution in [0.1, 0.15) is 36.0 Å². The largest absolute Gasteiger partial charge is 0.352 e. The normalized spacial score (nSPS) is 24.5. The fraction of sp³-hybridized carbons (Fsp3) is 0.556. The van der Waals surface area contributed by atoms with Crippen molar-refractivity contribution in [1.82, 2.24) is 15.5 Å². The van der Waals surface area contributed by atoms with E-state index in [-0.39, 0.29) is 23.8 Å². The van der Waals surface area contributed by atoms with E-state index in [0.29, 0.717) is 23.7 Å². The molecule has 2 saturated heterocycles. The molecule has 0 bridgehead atoms. The Morgan fingerprint density at radius 2 is 1.96 bits per heavy atom. The number of piperidine rings is 2. The van der Waals surface area contributed by atoms with Gasteiger partial charge < -0.3 is 15.5 Å². The molecule has 0 aliphatic carbocycles. The number of halogens is 1. The standard InChI is InChI=1S/C18H24ClN3O2/c19-15-7-5-13(6-8-15)18(24)22-10-2-3-14(12-22)17(23)21-16-4-1-9-20-11-16/h5-8,14,16,20H,1-4,9-12H2,(H,21,23)/t14?,16-/m0/s1. The molecule has 0 saturated carbocycles. The summed E-state index contributed by atoms with van der Waals surface area (Å²) in [4.78, 5) is 26.9. The van der Waals surface area contributed by atoms with E-state index in [1.165, 1.54) is 0 Å². The fourth-order valence-electron chi connectivity index (χ4n) is 3.44. The van der Waals surface area contributed by atoms with E-state index in [2.05, 4.69) is 10.6 Å². The molecular weight excluding hydrogens is 326 g/mol. The second kappa shape index (κ2) is 7.99. The molecule has 3 rings (SSSR count). The third kappa shape index (κ3) is 4.28. The molecule has 2 atom stereocenters. The number of carbonyl (C=O) groups is 2. The van der Waals surface area contributed by atoms with Crippen molar-refractivity contribution in [2.24, 2.45) is 5.92 Å². The second-order valence-corrected chi connectivity index (χ2v) is 7.09. The first-order chi connectivity index (χ1) is 11.6. The molecule has 1 unspecified atom stereocenters. The lowest BCUT2D eigenvalue weighted by Gasteiger charge is -2.33. The van der Waals surface area contributed by atoms with Gasteiger partial charge >= 0.3 is 0 Å². The Kier molecular flexibility index (Phi) is 5.74. The molecule has 1 aromatic carbocycles. The quantitative estimate of drug-likeness (QED) is 0.878. The van der Waals surface area contributed by atoms with Gasteiger partial charge in [0.25, 0.3) is 5.91 Å². The van der Waals surface area contributed by atoms with Gasteiger partial charge in [-0.15, -0.1) is 0 Å². The first-order valence-corrected chi connectivity index (χ1v) is 9.07. The van der Waals surface area contributed by atoms with Crippen molar-refractivity contribution in [1.29, 1.82) is 0 Å². The SMILES string of the molecule is O=C(N[C@H]1CCCNC1)C1CCCN(C(=O)c2ccc(Cl)cc2)C1. The molecule has 0 radical (unpaired) electrons. The Morgan fingerprint density at radius 1 is 1.17 bits per heavy atom. The van der Waals surface area contributed by atoms with Gasteiger partial charge in [0.05, 0.1) is 5.92 Å². The van der Waals surface area contributed by atoms with Crippen LogP contribution in [-0.4, -0.2) is 48.9 Å². The molecule has 130 valence electrons. The van der Waals surface area contributed by atoms with Crippen LogP contribution in [0.5, 0.6) is 0 Å². The zero-order chi connectivity index (χ0) is 16.9. The van der Waals surface area contributed by atoms with Gasteiger partial charge in [0, 0.05) is 36.3 Å². The van der Waals surface area contributed by atoms with Crippen LogP contribution >= 0.6 is 11.6 Å². The number of benzene rings is 1. The summed E-state index contributed by atoms with van der Waals surface area (Å²) >= 11 is 5.88. The molecule has 2 N–H and O–H groups in total. The Bertz CT molecular complexity index is 584. The maximum Gasteiger partial charge on any atom is 0.253 e. The fourth-order valence-corrected chi connectivity index (χ4v) is 3.57. The Hall–Kier alpha value is -1.59. The van der Waals surface area contributed by atoms with Gasteiger partial charge in [-0.05, 0) is 56.5 Å². The molecule has 5 nitrogen and oxygen atoms in total. The molecule has 2 aliphatic rings. The summed E-state index contributed by atoms with van der Waals surface area (Å²) in [5, 5.41) is 7.06. The second-order valence-electron chi connectivity index (χ2n) is 6.65. The average molecular weight is 350 g/mol. The van der Waals surface area contributed by atoms with Crippen LogP contribution in [-0.2, 0) is 4.79 Å². The number of nitrogens with one attached hydrogen (secondary N) is 2. The van der Waals surface area contributed by atoms with Crippen LogP contribution in [0.4, 0.5) is 0 Å². The van der Waals surface area contributed by atoms with Crippen molar-refractivity contribution >= 4 is 23.4 Å². The molecule has 0 aromatic heterocycles. The molecular formula is C18H24ClN3O2. The van der Waals surface area contributed by atoms with E-state index in [9.17, 15) is 9.59 Å². The van der Waals surface area contributed by atoms with Crippen molar-refractivity contribution in [3.8, 4) is 0 Å². The predicted molar refractivity (Wildman–Crippen MR) is 94.1 cm³/mol. The average Bonchev–Trinajstić information content (AvgIpc) is 2.63. The van der Waals surface area contributed by atoms with Crippen LogP contribution in [0.2, 0.25) is 5.02 Å². The van der Waals surface area contributed by atoms with E-state index < -0.39 is 0 Å². The van der Waals surface area contributed by atoms with Crippen molar-refractivity contribution in [3.63, 3.8) is 0 Å². The molecule has 24 heavy (non-hydrogen) atoms. The van der Waals surface area contributed by atoms with Gasteiger partial charge in [-0.3, -0.25) is 9.59 Å². The van der Waals surface area contributed by atoms with E-state index in [1.807, 2.05) is 0 Å². The lowest BCUT2D eigenvalue weighted by atomic mass is 9.95. The summed E-state index contributed by atoms with van der Waals surface area (Å²) < 4.78 is 0. The van der Waals surface area contributed by atoms with Crippen LogP contribution < -0.4 is 10.6 Å². The summed E-state index contributed by atoms with van der Waals surface area (Å²) in [6.45, 7) is 3.06. The number of rotatable bonds is 3. The van der Waals surface area contributed by atoms with Gasteiger partial charge in [0.15, 0.2) is 0 Å². The van der Waals surface area contributed by atoms with Crippen molar-refractivity contribution in [2.45, 2.75) is 31.7 Å². The number of hydrogen-bond donors (Lipinski definition) is 2. The van der Waals surface area contributed by atoms with Gasteiger partial charge in [-0.1, -0.05) is 11.6 Å². The summed E-state index contributed by atoms with van der Waals surface area (Å²) in [7, 11) is 0. The van der Waals surface area contributed by atoms with E-state index in [1.54, 1.807) is 29.2 Å². The zero-order valence-corrected chi connectivity index (χ0v) is 14.5. The highest BCUT2D eigenvalue weighted by Gasteiger charge is 2.30. The number of carbonyl (C=O) groups excluding carboxylic acids is 2. The first-order valence-electron chi connectivity index (χ1n) is 8.69. The number of amides is 2. The van der Waals surface area contributed by atoms with Gasteiger partial charge in [-0.25, -0.2) is 0 Å². The van der Waals surface area contributed by atoms with Crippen LogP contribution in [0.15, 0.2) is 24.3 Å². The maximum absolute atomic E-state index is 12.6. The topological polar surface area (TPSA) is 61.4 Å². The lowest BCUT2D eigenvalue weighted by molar-refractivity contribution is -0.127. The minimum Gasteiger partial charge on any atom is -0.352 e. The predicted octanol–water partition coefficient (Wildman–Crippen LogP) is 2.06. The van der Waals surface area contributed by atoms with Gasteiger partial charge in [0.2, 0.25) is 5.91 Å². The molecule has 2 fully saturated rings. The lowest BCUT2D eigenvalue weighted by Crippen LogP contribution is -2.51. The first kappa shape index (κ1) is 17.2. The summed E-state index contributed by atoms with van der Waals surface area (Å²) in [5.41, 5.74) is 0.622. The molecule has 1 aromatic rings. The minimum atomic E-state index is -0.114. The van der Waals surface area contributed by atoms with Crippen molar-refractivity contribution in [2.75, 3.05) is 26.2 Å². The molecule has 2 heterocycles. The highest BCUT2D eigenvalue weighted by Crippen LogP contribution is 2.20. The summed E-state index contributed by atoms with van der Waals surface area (Å²) in [6.07, 6.45) is 3.83. The third-order valence-electron chi connectivity index (χ3n) is 4.81. The van der Waals surface area contributed by atoms with Gasteiger partial charge in [-0.2, -0.15) is 0 Å². The smallest absolute Gasteiger partial charge is 0.253 e. The molecule has 6 heteroatoms. The minimum absolute atomic E-state index is 0.0245. The van der Waals surface area contributed by atoms with Crippen molar-refractivity contribution in [3.05, 3.63) is 34.9 Å². The highest BCUT2D eigenvalue weighted by atomic mass is 35.5. The Morgan fingerprint density at radius 3 is 2.67 bits per heavy atom. The van der Waals surface area contributed by atoms with Crippen molar-refractivity contribution < 1.29 is 9.59 Å². The van der Waals surface area contributed by atoms with Crippen LogP contribution in [0, 0.1) is 5.92 Å². The van der Waals surface area contributed by atoms with Crippen LogP contribution in [0.25, 0.3) is 0 Å². The highest BCUT2D eigenvalue weighted by molar-refractivity contribution is 6.30. The third-order valence-corrected chi connectivity index (χ3v) is 5.07. The maximum atomic E-state index is 12.6. The van der Waals surface area contributed by atoms with E-state index in [4.69, 9.17) is 11.6 Å². The van der Waals surface area contributed by atoms with Crippen LogP contribution in [0.3, 0.4) is 0 Å². The summed E-state index contributed by atoms with van der Waals surface area (Å²) in [6, 6.07) is 7.14. The van der Waals surface area contributed by atoms with E-state index >= 15 is 0 Å². The monoisotopic (exact) mass is 349 g/mol. The summed E-state index contributed by atoms with van der Waals surface area (Å²) in [5.74, 6) is -0.0577. The van der Waals surface area contributed by atoms with Gasteiger partial charge in [0.1, 0.15) is 0 Å². The molecule has 0 spiro atoms. The zero-order valence-electron chi connectivity index (χ0n) is 13.8. The molecule has 2 aliphatic heterocycles. The number of hydrogen-bond acceptors (Lipinski definition) is 3. The molecule has 2 amide bonds. The number of likely N-dealkylation sites (tertiary alicyclic amines) is 1. The van der Waals surface area contributed by atoms with E-state index in [0.717, 1.165) is 38.8 Å². The Balaban J connectivity index is 1.58.